The molecule has 0 radical (unpaired) electrons. The number of carboxylic acid groups (broad SMARTS) is 1. The molecule has 4 rings (SSSR count). The van der Waals surface area contributed by atoms with Crippen LogP contribution in [0.25, 0.3) is 11.1 Å². The number of hydrogen-bond acceptors (Lipinski definition) is 6. The molecule has 2 aromatic carbocycles. The fraction of sp³-hybridized carbons (Fsp3) is 0.308. The third-order valence-electron chi connectivity index (χ3n) is 5.35. The summed E-state index contributed by atoms with van der Waals surface area (Å²) in [5.41, 5.74) is 3.14. The average molecular weight is 549 g/mol. The van der Waals surface area contributed by atoms with Crippen molar-refractivity contribution in [3.8, 4) is 11.1 Å². The van der Waals surface area contributed by atoms with Crippen LogP contribution in [0.2, 0.25) is 0 Å². The predicted octanol–water partition coefficient (Wildman–Crippen LogP) is 7.83. The SMILES string of the molecule is Cc1cc(SC(CC(C)C)c2nn[nH]n2)cc(C)c1-c1ccc(C(F)(F)F)cc1.O=C(O)c1cccs1. The number of tetrazole rings is 1. The maximum atomic E-state index is 12.8. The first-order valence-corrected chi connectivity index (χ1v) is 13.2. The molecule has 0 fully saturated rings. The van der Waals surface area contributed by atoms with Gasteiger partial charge in [0, 0.05) is 4.90 Å². The van der Waals surface area contributed by atoms with Gasteiger partial charge in [0.15, 0.2) is 5.82 Å². The predicted molar refractivity (Wildman–Crippen MR) is 140 cm³/mol. The van der Waals surface area contributed by atoms with E-state index in [1.54, 1.807) is 29.3 Å². The van der Waals surface area contributed by atoms with Crippen LogP contribution < -0.4 is 0 Å². The summed E-state index contributed by atoms with van der Waals surface area (Å²) in [6, 6.07) is 12.8. The Balaban J connectivity index is 0.000000405. The number of nitrogens with one attached hydrogen (secondary N) is 1. The minimum absolute atomic E-state index is 0.0736. The first kappa shape index (κ1) is 28.4. The smallest absolute Gasteiger partial charge is 0.416 e. The Labute approximate surface area is 221 Å². The van der Waals surface area contributed by atoms with Gasteiger partial charge in [-0.05, 0) is 84.2 Å². The van der Waals surface area contributed by atoms with Crippen LogP contribution in [0.5, 0.6) is 0 Å². The fourth-order valence-electron chi connectivity index (χ4n) is 3.78. The van der Waals surface area contributed by atoms with E-state index < -0.39 is 17.7 Å². The molecule has 4 aromatic rings. The minimum Gasteiger partial charge on any atom is -0.477 e. The number of carbonyl (C=O) groups is 1. The Hall–Kier alpha value is -3.18. The number of alkyl halides is 3. The molecule has 1 atom stereocenters. The van der Waals surface area contributed by atoms with Crippen molar-refractivity contribution in [3.63, 3.8) is 0 Å². The zero-order chi connectivity index (χ0) is 27.2. The van der Waals surface area contributed by atoms with Crippen LogP contribution in [0.3, 0.4) is 0 Å². The highest BCUT2D eigenvalue weighted by Crippen LogP contribution is 2.41. The van der Waals surface area contributed by atoms with E-state index in [-0.39, 0.29) is 5.25 Å². The number of thiophene rings is 1. The molecule has 1 unspecified atom stereocenters. The molecular weight excluding hydrogens is 521 g/mol. The van der Waals surface area contributed by atoms with Crippen LogP contribution >= 0.6 is 23.1 Å². The van der Waals surface area contributed by atoms with Gasteiger partial charge in [-0.2, -0.15) is 18.4 Å². The number of H-pyrrole nitrogens is 1. The largest absolute Gasteiger partial charge is 0.477 e. The lowest BCUT2D eigenvalue weighted by Crippen LogP contribution is -2.04. The summed E-state index contributed by atoms with van der Waals surface area (Å²) >= 11 is 2.91. The van der Waals surface area contributed by atoms with Gasteiger partial charge in [0.2, 0.25) is 0 Å². The number of aromatic nitrogens is 4. The molecule has 0 spiro atoms. The van der Waals surface area contributed by atoms with Crippen molar-refractivity contribution in [1.82, 2.24) is 20.6 Å². The first-order valence-electron chi connectivity index (χ1n) is 11.4. The summed E-state index contributed by atoms with van der Waals surface area (Å²) in [5.74, 6) is 0.297. The summed E-state index contributed by atoms with van der Waals surface area (Å²) < 4.78 is 38.5. The molecule has 0 saturated heterocycles. The highest BCUT2D eigenvalue weighted by atomic mass is 32.2. The maximum absolute atomic E-state index is 12.8. The molecule has 0 aliphatic carbocycles. The number of hydrogen-bond donors (Lipinski definition) is 2. The topological polar surface area (TPSA) is 91.8 Å². The van der Waals surface area contributed by atoms with Crippen LogP contribution in [0, 0.1) is 19.8 Å². The van der Waals surface area contributed by atoms with Crippen molar-refractivity contribution in [2.24, 2.45) is 5.92 Å². The Morgan fingerprint density at radius 2 is 1.76 bits per heavy atom. The number of thioether (sulfide) groups is 1. The lowest BCUT2D eigenvalue weighted by atomic mass is 9.95. The molecule has 0 amide bonds. The maximum Gasteiger partial charge on any atom is 0.416 e. The Morgan fingerprint density at radius 3 is 2.19 bits per heavy atom. The zero-order valence-corrected chi connectivity index (χ0v) is 22.3. The normalized spacial score (nSPS) is 12.2. The van der Waals surface area contributed by atoms with E-state index in [1.807, 2.05) is 13.8 Å². The van der Waals surface area contributed by atoms with Gasteiger partial charge >= 0.3 is 12.1 Å². The van der Waals surface area contributed by atoms with Crippen molar-refractivity contribution in [2.45, 2.75) is 50.4 Å². The summed E-state index contributed by atoms with van der Waals surface area (Å²) in [6.45, 7) is 8.27. The molecule has 0 aliphatic rings. The van der Waals surface area contributed by atoms with Crippen LogP contribution in [0.15, 0.2) is 58.8 Å². The van der Waals surface area contributed by atoms with Crippen LogP contribution in [0.4, 0.5) is 13.2 Å². The number of benzene rings is 2. The third-order valence-corrected chi connectivity index (χ3v) is 7.41. The van der Waals surface area contributed by atoms with E-state index in [0.717, 1.165) is 45.7 Å². The zero-order valence-electron chi connectivity index (χ0n) is 20.7. The van der Waals surface area contributed by atoms with Crippen LogP contribution in [-0.2, 0) is 6.18 Å². The van der Waals surface area contributed by atoms with Gasteiger partial charge in [-0.1, -0.05) is 37.3 Å². The van der Waals surface area contributed by atoms with Crippen molar-refractivity contribution in [2.75, 3.05) is 0 Å². The fourth-order valence-corrected chi connectivity index (χ4v) is 5.84. The van der Waals surface area contributed by atoms with Gasteiger partial charge in [0.25, 0.3) is 0 Å². The Kier molecular flexibility index (Phi) is 9.50. The van der Waals surface area contributed by atoms with E-state index in [4.69, 9.17) is 5.11 Å². The number of halogens is 3. The molecule has 0 saturated carbocycles. The number of rotatable bonds is 7. The third kappa shape index (κ3) is 7.90. The molecule has 0 bridgehead atoms. The minimum atomic E-state index is -4.33. The van der Waals surface area contributed by atoms with E-state index >= 15 is 0 Å². The van der Waals surface area contributed by atoms with E-state index in [1.165, 1.54) is 23.5 Å². The summed E-state index contributed by atoms with van der Waals surface area (Å²) in [5, 5.41) is 24.6. The van der Waals surface area contributed by atoms with Crippen LogP contribution in [0.1, 0.15) is 57.7 Å². The number of aromatic carboxylic acids is 1. The molecular formula is C26H27F3N4O2S2. The monoisotopic (exact) mass is 548 g/mol. The highest BCUT2D eigenvalue weighted by molar-refractivity contribution is 7.99. The van der Waals surface area contributed by atoms with Crippen molar-refractivity contribution < 1.29 is 23.1 Å². The summed E-state index contributed by atoms with van der Waals surface area (Å²) in [6.07, 6.45) is -3.42. The van der Waals surface area contributed by atoms with Gasteiger partial charge < -0.3 is 5.11 Å². The summed E-state index contributed by atoms with van der Waals surface area (Å²) in [7, 11) is 0. The van der Waals surface area contributed by atoms with Gasteiger partial charge in [-0.3, -0.25) is 0 Å². The quantitative estimate of drug-likeness (QED) is 0.229. The van der Waals surface area contributed by atoms with Gasteiger partial charge in [-0.25, -0.2) is 4.79 Å². The van der Waals surface area contributed by atoms with E-state index in [2.05, 4.69) is 46.6 Å². The Morgan fingerprint density at radius 1 is 1.11 bits per heavy atom. The molecule has 2 N–H and O–H groups in total. The molecule has 2 aromatic heterocycles. The lowest BCUT2D eigenvalue weighted by Gasteiger charge is -2.18. The molecule has 37 heavy (non-hydrogen) atoms. The highest BCUT2D eigenvalue weighted by Gasteiger charge is 2.30. The summed E-state index contributed by atoms with van der Waals surface area (Å²) in [4.78, 5) is 11.5. The number of aryl methyl sites for hydroxylation is 2. The van der Waals surface area contributed by atoms with Gasteiger partial charge in [-0.15, -0.1) is 33.3 Å². The molecule has 196 valence electrons. The van der Waals surface area contributed by atoms with Gasteiger partial charge in [0.05, 0.1) is 10.8 Å². The molecule has 11 heteroatoms. The second-order valence-electron chi connectivity index (χ2n) is 8.80. The van der Waals surface area contributed by atoms with Crippen molar-refractivity contribution in [1.29, 1.82) is 0 Å². The second-order valence-corrected chi connectivity index (χ2v) is 11.0. The first-order chi connectivity index (χ1) is 17.5. The molecule has 6 nitrogen and oxygen atoms in total. The van der Waals surface area contributed by atoms with Crippen LogP contribution in [-0.4, -0.2) is 31.7 Å². The van der Waals surface area contributed by atoms with Gasteiger partial charge in [0.1, 0.15) is 4.88 Å². The average Bonchev–Trinajstić information content (AvgIpc) is 3.53. The number of carboxylic acids is 1. The number of aromatic amines is 1. The molecule has 0 aliphatic heterocycles. The lowest BCUT2D eigenvalue weighted by molar-refractivity contribution is -0.137. The standard InChI is InChI=1S/C21H23F3N4S.C5H4O2S/c1-12(2)9-18(20-25-27-28-26-20)29-17-10-13(3)19(14(4)11-17)15-5-7-16(8-6-15)21(22,23)24;6-5(7)4-2-1-3-8-4/h5-8,10-12,18H,9H2,1-4H3,(H,25,26,27,28);1-3H,(H,6,7). The van der Waals surface area contributed by atoms with E-state index in [0.29, 0.717) is 16.6 Å². The Bertz CT molecular complexity index is 1270. The molecule has 2 heterocycles. The van der Waals surface area contributed by atoms with E-state index in [9.17, 15) is 18.0 Å². The second kappa shape index (κ2) is 12.4. The number of nitrogens with zero attached hydrogens (tertiary/aromatic N) is 3. The van der Waals surface area contributed by atoms with Crippen molar-refractivity contribution in [3.05, 3.63) is 81.3 Å². The van der Waals surface area contributed by atoms with Crippen molar-refractivity contribution >= 4 is 29.1 Å².